The number of carbonyl (C=O) groups excluding carboxylic acids is 1. The van der Waals surface area contributed by atoms with Crippen LogP contribution in [0.4, 0.5) is 0 Å². The molecule has 1 aliphatic rings. The lowest BCUT2D eigenvalue weighted by molar-refractivity contribution is -0.120. The fraction of sp³-hybridized carbons (Fsp3) is 0.500. The molecule has 1 aromatic rings. The molecule has 1 amide bonds. The van der Waals surface area contributed by atoms with E-state index in [0.717, 1.165) is 12.8 Å². The van der Waals surface area contributed by atoms with E-state index in [9.17, 15) is 4.79 Å². The highest BCUT2D eigenvalue weighted by Crippen LogP contribution is 2.38. The van der Waals surface area contributed by atoms with Crippen LogP contribution in [0.3, 0.4) is 0 Å². The lowest BCUT2D eigenvalue weighted by atomic mass is 9.74. The summed E-state index contributed by atoms with van der Waals surface area (Å²) >= 11 is 0. The maximum atomic E-state index is 10.9. The summed E-state index contributed by atoms with van der Waals surface area (Å²) in [4.78, 5) is 10.9. The van der Waals surface area contributed by atoms with Crippen molar-refractivity contribution in [1.82, 2.24) is 5.32 Å². The van der Waals surface area contributed by atoms with Gasteiger partial charge in [0.05, 0.1) is 6.04 Å². The molecule has 0 bridgehead atoms. The Morgan fingerprint density at radius 1 is 1.41 bits per heavy atom. The van der Waals surface area contributed by atoms with Crippen LogP contribution in [-0.4, -0.2) is 18.0 Å². The molecule has 92 valence electrons. The average Bonchev–Trinajstić information content (AvgIpc) is 2.24. The molecule has 0 spiro atoms. The molecule has 3 N–H and O–H groups in total. The van der Waals surface area contributed by atoms with Crippen molar-refractivity contribution in [2.75, 3.05) is 0 Å². The fourth-order valence-electron chi connectivity index (χ4n) is 2.49. The highest BCUT2D eigenvalue weighted by atomic mass is 16.1. The number of aryl methyl sites for hydroxylation is 1. The van der Waals surface area contributed by atoms with Crippen molar-refractivity contribution in [2.45, 2.75) is 44.7 Å². The van der Waals surface area contributed by atoms with E-state index in [4.69, 9.17) is 5.73 Å². The first-order valence-corrected chi connectivity index (χ1v) is 6.19. The molecular formula is C14H20N2O. The van der Waals surface area contributed by atoms with Gasteiger partial charge >= 0.3 is 0 Å². The Balaban J connectivity index is 1.87. The number of hydrogen-bond donors (Lipinski definition) is 2. The van der Waals surface area contributed by atoms with Crippen LogP contribution in [0, 0.1) is 6.92 Å². The van der Waals surface area contributed by atoms with Crippen molar-refractivity contribution in [1.29, 1.82) is 0 Å². The second-order valence-corrected chi connectivity index (χ2v) is 5.01. The summed E-state index contributed by atoms with van der Waals surface area (Å²) in [5, 5.41) is 3.26. The minimum Gasteiger partial charge on any atom is -0.368 e. The van der Waals surface area contributed by atoms with Gasteiger partial charge in [0.1, 0.15) is 0 Å². The molecule has 1 unspecified atom stereocenters. The molecule has 1 aliphatic carbocycles. The molecule has 0 saturated heterocycles. The Morgan fingerprint density at radius 3 is 2.65 bits per heavy atom. The van der Waals surface area contributed by atoms with Gasteiger partial charge in [-0.15, -0.1) is 0 Å². The summed E-state index contributed by atoms with van der Waals surface area (Å²) < 4.78 is 0. The van der Waals surface area contributed by atoms with E-state index >= 15 is 0 Å². The minimum atomic E-state index is -0.274. The zero-order valence-corrected chi connectivity index (χ0v) is 10.4. The molecule has 3 heteroatoms. The van der Waals surface area contributed by atoms with Crippen LogP contribution in [0.15, 0.2) is 24.3 Å². The number of rotatable bonds is 4. The maximum absolute atomic E-state index is 10.9. The van der Waals surface area contributed by atoms with Gasteiger partial charge in [-0.3, -0.25) is 4.79 Å². The third kappa shape index (κ3) is 2.67. The van der Waals surface area contributed by atoms with Crippen LogP contribution in [0.25, 0.3) is 0 Å². The Hall–Kier alpha value is -1.35. The zero-order valence-electron chi connectivity index (χ0n) is 10.4. The van der Waals surface area contributed by atoms with Gasteiger partial charge in [0, 0.05) is 6.04 Å². The van der Waals surface area contributed by atoms with Gasteiger partial charge in [-0.25, -0.2) is 0 Å². The molecule has 0 radical (unpaired) electrons. The molecule has 1 aromatic carbocycles. The van der Waals surface area contributed by atoms with Crippen LogP contribution >= 0.6 is 0 Å². The van der Waals surface area contributed by atoms with Gasteiger partial charge < -0.3 is 11.1 Å². The van der Waals surface area contributed by atoms with E-state index in [-0.39, 0.29) is 11.9 Å². The monoisotopic (exact) mass is 232 g/mol. The van der Waals surface area contributed by atoms with Crippen molar-refractivity contribution < 1.29 is 4.79 Å². The first-order valence-electron chi connectivity index (χ1n) is 6.19. The van der Waals surface area contributed by atoms with Crippen molar-refractivity contribution in [3.8, 4) is 0 Å². The van der Waals surface area contributed by atoms with Gasteiger partial charge in [0.15, 0.2) is 0 Å². The molecule has 2 rings (SSSR count). The predicted octanol–water partition coefficient (Wildman–Crippen LogP) is 1.70. The van der Waals surface area contributed by atoms with Crippen LogP contribution in [-0.2, 0) is 4.79 Å². The normalized spacial score (nSPS) is 25.1. The highest BCUT2D eigenvalue weighted by Gasteiger charge is 2.32. The minimum absolute atomic E-state index is 0.224. The van der Waals surface area contributed by atoms with Crippen molar-refractivity contribution in [3.63, 3.8) is 0 Å². The number of hydrogen-bond acceptors (Lipinski definition) is 2. The standard InChI is InChI=1S/C14H20N2O/c1-9-5-3-4-6-13(9)11-7-12(8-11)16-10(2)14(15)17/h3-6,10-12,16H,7-8H2,1-2H3,(H2,15,17). The number of nitrogens with two attached hydrogens (primary N) is 1. The molecule has 0 heterocycles. The topological polar surface area (TPSA) is 55.1 Å². The Bertz CT molecular complexity index is 410. The van der Waals surface area contributed by atoms with Crippen LogP contribution in [0.1, 0.15) is 36.8 Å². The van der Waals surface area contributed by atoms with Crippen molar-refractivity contribution >= 4 is 5.91 Å². The van der Waals surface area contributed by atoms with Crippen molar-refractivity contribution in [2.24, 2.45) is 5.73 Å². The smallest absolute Gasteiger partial charge is 0.234 e. The average molecular weight is 232 g/mol. The van der Waals surface area contributed by atoms with E-state index in [2.05, 4.69) is 36.5 Å². The number of amides is 1. The quantitative estimate of drug-likeness (QED) is 0.830. The van der Waals surface area contributed by atoms with Gasteiger partial charge in [-0.05, 0) is 43.7 Å². The summed E-state index contributed by atoms with van der Waals surface area (Å²) in [6, 6.07) is 8.73. The summed E-state index contributed by atoms with van der Waals surface area (Å²) in [6.45, 7) is 3.98. The van der Waals surface area contributed by atoms with Gasteiger partial charge in [0.25, 0.3) is 0 Å². The number of primary amides is 1. The van der Waals surface area contributed by atoms with E-state index in [1.807, 2.05) is 6.92 Å². The molecule has 0 aliphatic heterocycles. The van der Waals surface area contributed by atoms with E-state index in [1.54, 1.807) is 0 Å². The maximum Gasteiger partial charge on any atom is 0.234 e. The summed E-state index contributed by atoms with van der Waals surface area (Å²) in [6.07, 6.45) is 2.20. The number of benzene rings is 1. The second kappa shape index (κ2) is 4.88. The Labute approximate surface area is 102 Å². The fourth-order valence-corrected chi connectivity index (χ4v) is 2.49. The molecule has 1 atom stereocenters. The van der Waals surface area contributed by atoms with Crippen molar-refractivity contribution in [3.05, 3.63) is 35.4 Å². The first kappa shape index (κ1) is 12.1. The number of carbonyl (C=O) groups is 1. The van der Waals surface area contributed by atoms with Gasteiger partial charge in [-0.1, -0.05) is 24.3 Å². The van der Waals surface area contributed by atoms with Crippen LogP contribution < -0.4 is 11.1 Å². The molecule has 3 nitrogen and oxygen atoms in total. The zero-order chi connectivity index (χ0) is 12.4. The Morgan fingerprint density at radius 2 is 2.06 bits per heavy atom. The SMILES string of the molecule is Cc1ccccc1C1CC(NC(C)C(N)=O)C1. The van der Waals surface area contributed by atoms with E-state index in [0.29, 0.717) is 12.0 Å². The first-order chi connectivity index (χ1) is 8.08. The largest absolute Gasteiger partial charge is 0.368 e. The third-order valence-corrected chi connectivity index (χ3v) is 3.68. The lowest BCUT2D eigenvalue weighted by Gasteiger charge is -2.38. The summed E-state index contributed by atoms with van der Waals surface area (Å²) in [5.41, 5.74) is 8.03. The highest BCUT2D eigenvalue weighted by molar-refractivity contribution is 5.79. The third-order valence-electron chi connectivity index (χ3n) is 3.68. The van der Waals surface area contributed by atoms with Crippen LogP contribution in [0.2, 0.25) is 0 Å². The van der Waals surface area contributed by atoms with E-state index in [1.165, 1.54) is 11.1 Å². The number of nitrogens with one attached hydrogen (secondary N) is 1. The second-order valence-electron chi connectivity index (χ2n) is 5.01. The molecule has 0 aromatic heterocycles. The molecule has 17 heavy (non-hydrogen) atoms. The molecule has 1 saturated carbocycles. The lowest BCUT2D eigenvalue weighted by Crippen LogP contribution is -2.49. The van der Waals surface area contributed by atoms with Gasteiger partial charge in [0.2, 0.25) is 5.91 Å². The summed E-state index contributed by atoms with van der Waals surface area (Å²) in [5.74, 6) is 0.359. The predicted molar refractivity (Wildman–Crippen MR) is 68.7 cm³/mol. The van der Waals surface area contributed by atoms with Crippen LogP contribution in [0.5, 0.6) is 0 Å². The van der Waals surface area contributed by atoms with Gasteiger partial charge in [-0.2, -0.15) is 0 Å². The molecule has 1 fully saturated rings. The Kier molecular flexibility index (Phi) is 3.48. The summed E-state index contributed by atoms with van der Waals surface area (Å²) in [7, 11) is 0. The molecular weight excluding hydrogens is 212 g/mol. The van der Waals surface area contributed by atoms with E-state index < -0.39 is 0 Å².